The van der Waals surface area contributed by atoms with E-state index in [-0.39, 0.29) is 11.8 Å². The Balaban J connectivity index is 2.11. The lowest BCUT2D eigenvalue weighted by Crippen LogP contribution is -2.13. The van der Waals surface area contributed by atoms with Crippen LogP contribution >= 0.6 is 11.6 Å². The summed E-state index contributed by atoms with van der Waals surface area (Å²) >= 11 is 5.64. The number of rotatable bonds is 3. The number of alkyl halides is 1. The van der Waals surface area contributed by atoms with Gasteiger partial charge in [-0.3, -0.25) is 0 Å². The van der Waals surface area contributed by atoms with Crippen molar-refractivity contribution in [3.8, 4) is 0 Å². The molecule has 1 aromatic rings. The zero-order valence-electron chi connectivity index (χ0n) is 8.79. The molecule has 82 valence electrons. The number of nitrogens with zero attached hydrogens (tertiary/aromatic N) is 3. The van der Waals surface area contributed by atoms with E-state index >= 15 is 0 Å². The van der Waals surface area contributed by atoms with Crippen LogP contribution in [0.3, 0.4) is 0 Å². The monoisotopic (exact) mass is 227 g/mol. The van der Waals surface area contributed by atoms with Crippen molar-refractivity contribution >= 4 is 23.5 Å². The molecule has 1 unspecified atom stereocenters. The van der Waals surface area contributed by atoms with Gasteiger partial charge < -0.3 is 11.1 Å². The third-order valence-electron chi connectivity index (χ3n) is 2.64. The van der Waals surface area contributed by atoms with E-state index < -0.39 is 0 Å². The number of aromatic nitrogens is 3. The van der Waals surface area contributed by atoms with Crippen molar-refractivity contribution in [2.45, 2.75) is 32.2 Å². The summed E-state index contributed by atoms with van der Waals surface area (Å²) in [6.45, 7) is 4.38. The number of nitrogen functional groups attached to an aromatic ring is 1. The van der Waals surface area contributed by atoms with Crippen LogP contribution in [0.2, 0.25) is 0 Å². The standard InChI is InChI=1S/C9H14ClN5/c1-9(2)3-5(9)12-8-14-6(4-10)13-7(11)15-8/h5H,3-4H2,1-2H3,(H3,11,12,13,14,15). The smallest absolute Gasteiger partial charge is 0.228 e. The van der Waals surface area contributed by atoms with Gasteiger partial charge in [-0.25, -0.2) is 0 Å². The van der Waals surface area contributed by atoms with Gasteiger partial charge in [0, 0.05) is 6.04 Å². The highest BCUT2D eigenvalue weighted by Crippen LogP contribution is 2.46. The molecule has 0 radical (unpaired) electrons. The van der Waals surface area contributed by atoms with Gasteiger partial charge in [0.05, 0.1) is 5.88 Å². The number of nitrogens with one attached hydrogen (secondary N) is 1. The third-order valence-corrected chi connectivity index (χ3v) is 2.87. The third kappa shape index (κ3) is 2.28. The minimum atomic E-state index is 0.210. The van der Waals surface area contributed by atoms with Crippen molar-refractivity contribution in [3.05, 3.63) is 5.82 Å². The van der Waals surface area contributed by atoms with E-state index in [0.29, 0.717) is 23.2 Å². The van der Waals surface area contributed by atoms with Gasteiger partial charge >= 0.3 is 0 Å². The lowest BCUT2D eigenvalue weighted by molar-refractivity contribution is 0.628. The van der Waals surface area contributed by atoms with E-state index in [1.165, 1.54) is 0 Å². The van der Waals surface area contributed by atoms with Gasteiger partial charge in [0.25, 0.3) is 0 Å². The SMILES string of the molecule is CC1(C)CC1Nc1nc(N)nc(CCl)n1. The second-order valence-electron chi connectivity index (χ2n) is 4.46. The van der Waals surface area contributed by atoms with Crippen LogP contribution in [0.5, 0.6) is 0 Å². The van der Waals surface area contributed by atoms with E-state index in [1.54, 1.807) is 0 Å². The molecule has 0 spiro atoms. The average Bonchev–Trinajstić information content (AvgIpc) is 2.72. The molecule has 6 heteroatoms. The van der Waals surface area contributed by atoms with Crippen molar-refractivity contribution in [2.24, 2.45) is 5.41 Å². The summed E-state index contributed by atoms with van der Waals surface area (Å²) in [7, 11) is 0. The molecule has 0 amide bonds. The molecule has 15 heavy (non-hydrogen) atoms. The lowest BCUT2D eigenvalue weighted by atomic mass is 10.2. The Morgan fingerprint density at radius 2 is 2.13 bits per heavy atom. The molecule has 1 aliphatic carbocycles. The predicted octanol–water partition coefficient (Wildman–Crippen LogP) is 1.40. The Morgan fingerprint density at radius 1 is 1.47 bits per heavy atom. The molecule has 1 fully saturated rings. The van der Waals surface area contributed by atoms with Gasteiger partial charge in [-0.1, -0.05) is 13.8 Å². The normalized spacial score (nSPS) is 22.5. The zero-order valence-corrected chi connectivity index (χ0v) is 9.54. The van der Waals surface area contributed by atoms with Crippen LogP contribution in [0.15, 0.2) is 0 Å². The average molecular weight is 228 g/mol. The molecule has 0 aromatic carbocycles. The zero-order chi connectivity index (χ0) is 11.1. The molecule has 1 heterocycles. The van der Waals surface area contributed by atoms with Crippen molar-refractivity contribution in [2.75, 3.05) is 11.1 Å². The van der Waals surface area contributed by atoms with E-state index in [2.05, 4.69) is 34.1 Å². The van der Waals surface area contributed by atoms with Crippen LogP contribution in [-0.4, -0.2) is 21.0 Å². The summed E-state index contributed by atoms with van der Waals surface area (Å²) in [5.74, 6) is 1.48. The Labute approximate surface area is 93.5 Å². The minimum Gasteiger partial charge on any atom is -0.368 e. The van der Waals surface area contributed by atoms with Gasteiger partial charge in [0.15, 0.2) is 5.82 Å². The first-order chi connectivity index (χ1) is 7.01. The molecule has 1 atom stereocenters. The highest BCUT2D eigenvalue weighted by molar-refractivity contribution is 6.16. The first-order valence-electron chi connectivity index (χ1n) is 4.84. The number of anilines is 2. The quantitative estimate of drug-likeness (QED) is 0.764. The maximum absolute atomic E-state index is 5.64. The molecule has 2 rings (SSSR count). The van der Waals surface area contributed by atoms with Gasteiger partial charge in [-0.05, 0) is 11.8 Å². The minimum absolute atomic E-state index is 0.210. The summed E-state index contributed by atoms with van der Waals surface area (Å²) in [6, 6.07) is 0.419. The number of halogens is 1. The number of nitrogens with two attached hydrogens (primary N) is 1. The fourth-order valence-corrected chi connectivity index (χ4v) is 1.55. The number of hydrogen-bond acceptors (Lipinski definition) is 5. The van der Waals surface area contributed by atoms with Gasteiger partial charge in [-0.15, -0.1) is 11.6 Å². The Hall–Kier alpha value is -1.10. The van der Waals surface area contributed by atoms with Crippen LogP contribution in [0, 0.1) is 5.41 Å². The van der Waals surface area contributed by atoms with Crippen LogP contribution in [0.1, 0.15) is 26.1 Å². The summed E-state index contributed by atoms with van der Waals surface area (Å²) in [5, 5.41) is 3.22. The van der Waals surface area contributed by atoms with Crippen molar-refractivity contribution in [1.82, 2.24) is 15.0 Å². The molecule has 1 aliphatic rings. The molecule has 5 nitrogen and oxygen atoms in total. The van der Waals surface area contributed by atoms with Crippen LogP contribution in [0.4, 0.5) is 11.9 Å². The summed E-state index contributed by atoms with van der Waals surface area (Å²) in [5.41, 5.74) is 5.86. The fourth-order valence-electron chi connectivity index (χ4n) is 1.43. The van der Waals surface area contributed by atoms with Crippen molar-refractivity contribution in [1.29, 1.82) is 0 Å². The summed E-state index contributed by atoms with van der Waals surface area (Å²) in [6.07, 6.45) is 1.12. The van der Waals surface area contributed by atoms with E-state index in [1.807, 2.05) is 0 Å². The molecule has 3 N–H and O–H groups in total. The second-order valence-corrected chi connectivity index (χ2v) is 4.72. The lowest BCUT2D eigenvalue weighted by Gasteiger charge is -2.07. The molecule has 0 aliphatic heterocycles. The van der Waals surface area contributed by atoms with Crippen LogP contribution < -0.4 is 11.1 Å². The van der Waals surface area contributed by atoms with E-state index in [0.717, 1.165) is 6.42 Å². The number of hydrogen-bond donors (Lipinski definition) is 2. The Kier molecular flexibility index (Phi) is 2.42. The molecular formula is C9H14ClN5. The molecular weight excluding hydrogens is 214 g/mol. The second kappa shape index (κ2) is 3.48. The Bertz CT molecular complexity index is 379. The van der Waals surface area contributed by atoms with Gasteiger partial charge in [0.2, 0.25) is 11.9 Å². The van der Waals surface area contributed by atoms with Gasteiger partial charge in [-0.2, -0.15) is 15.0 Å². The first-order valence-corrected chi connectivity index (χ1v) is 5.37. The summed E-state index contributed by atoms with van der Waals surface area (Å²) in [4.78, 5) is 12.1. The predicted molar refractivity (Wildman–Crippen MR) is 59.6 cm³/mol. The molecule has 0 bridgehead atoms. The maximum Gasteiger partial charge on any atom is 0.228 e. The maximum atomic E-state index is 5.64. The highest BCUT2D eigenvalue weighted by atomic mass is 35.5. The van der Waals surface area contributed by atoms with Gasteiger partial charge in [0.1, 0.15) is 0 Å². The van der Waals surface area contributed by atoms with Crippen molar-refractivity contribution < 1.29 is 0 Å². The largest absolute Gasteiger partial charge is 0.368 e. The molecule has 1 aromatic heterocycles. The van der Waals surface area contributed by atoms with Crippen molar-refractivity contribution in [3.63, 3.8) is 0 Å². The fraction of sp³-hybridized carbons (Fsp3) is 0.667. The van der Waals surface area contributed by atoms with Crippen LogP contribution in [0.25, 0.3) is 0 Å². The summed E-state index contributed by atoms with van der Waals surface area (Å²) < 4.78 is 0. The topological polar surface area (TPSA) is 76.7 Å². The van der Waals surface area contributed by atoms with E-state index in [4.69, 9.17) is 17.3 Å². The molecule has 0 saturated heterocycles. The Morgan fingerprint density at radius 3 is 2.67 bits per heavy atom. The van der Waals surface area contributed by atoms with Crippen LogP contribution in [-0.2, 0) is 5.88 Å². The van der Waals surface area contributed by atoms with E-state index in [9.17, 15) is 0 Å². The highest BCUT2D eigenvalue weighted by Gasteiger charge is 2.46. The first kappa shape index (κ1) is 10.4. The molecule has 1 saturated carbocycles.